The molecule has 0 radical (unpaired) electrons. The molecule has 0 aromatic carbocycles. The molecule has 1 unspecified atom stereocenters. The van der Waals surface area contributed by atoms with Gasteiger partial charge in [-0.2, -0.15) is 0 Å². The molecule has 1 aromatic rings. The lowest BCUT2D eigenvalue weighted by Crippen LogP contribution is -2.59. The number of aromatic nitrogens is 2. The van der Waals surface area contributed by atoms with E-state index in [0.29, 0.717) is 0 Å². The Morgan fingerprint density at radius 2 is 2.10 bits per heavy atom. The number of hydrazine groups is 1. The topological polar surface area (TPSA) is 68.3 Å². The highest BCUT2D eigenvalue weighted by Gasteiger charge is 2.48. The molecule has 1 aromatic heterocycles. The van der Waals surface area contributed by atoms with Crippen LogP contribution >= 0.6 is 0 Å². The number of ether oxygens (including phenoxy) is 1. The Hall–Kier alpha value is -0.950. The van der Waals surface area contributed by atoms with E-state index in [2.05, 4.69) is 26.8 Å². The van der Waals surface area contributed by atoms with E-state index in [1.165, 1.54) is 25.7 Å². The normalized spacial score (nSPS) is 24.3. The second-order valence-corrected chi connectivity index (χ2v) is 6.08. The van der Waals surface area contributed by atoms with Gasteiger partial charge >= 0.3 is 0 Å². The van der Waals surface area contributed by atoms with Gasteiger partial charge in [-0.05, 0) is 19.8 Å². The van der Waals surface area contributed by atoms with Gasteiger partial charge in [0.25, 0.3) is 0 Å². The molecule has 3 rings (SSSR count). The minimum atomic E-state index is 0.0769. The van der Waals surface area contributed by atoms with Crippen molar-refractivity contribution in [1.29, 1.82) is 0 Å². The molecule has 2 aliphatic rings. The maximum absolute atomic E-state index is 6.00. The van der Waals surface area contributed by atoms with Crippen LogP contribution in [-0.4, -0.2) is 46.3 Å². The third-order valence-corrected chi connectivity index (χ3v) is 5.16. The molecule has 3 N–H and O–H groups in total. The first-order chi connectivity index (χ1) is 10.3. The number of imidazole rings is 1. The van der Waals surface area contributed by atoms with Crippen LogP contribution < -0.4 is 11.3 Å². The molecule has 1 saturated heterocycles. The summed E-state index contributed by atoms with van der Waals surface area (Å²) in [5.41, 5.74) is 3.17. The summed E-state index contributed by atoms with van der Waals surface area (Å²) in [7, 11) is 0. The highest BCUT2D eigenvalue weighted by molar-refractivity contribution is 5.13. The van der Waals surface area contributed by atoms with E-state index in [-0.39, 0.29) is 11.6 Å². The van der Waals surface area contributed by atoms with Gasteiger partial charge in [-0.3, -0.25) is 10.7 Å². The van der Waals surface area contributed by atoms with Crippen LogP contribution in [-0.2, 0) is 11.3 Å². The fraction of sp³-hybridized carbons (Fsp3) is 0.800. The zero-order valence-corrected chi connectivity index (χ0v) is 12.9. The van der Waals surface area contributed by atoms with E-state index in [4.69, 9.17) is 10.6 Å². The SMILES string of the molecule is CCn1ccnc1C(NN)C1(N2CCOCC2)CCCC1. The van der Waals surface area contributed by atoms with Crippen molar-refractivity contribution >= 4 is 0 Å². The van der Waals surface area contributed by atoms with Gasteiger partial charge in [-0.1, -0.05) is 12.8 Å². The molecule has 1 saturated carbocycles. The molecule has 118 valence electrons. The number of nitrogens with two attached hydrogens (primary N) is 1. The van der Waals surface area contributed by atoms with E-state index in [1.54, 1.807) is 0 Å². The fourth-order valence-corrected chi connectivity index (χ4v) is 4.10. The van der Waals surface area contributed by atoms with Crippen molar-refractivity contribution in [3.63, 3.8) is 0 Å². The maximum Gasteiger partial charge on any atom is 0.129 e. The summed E-state index contributed by atoms with van der Waals surface area (Å²) in [6.07, 6.45) is 8.81. The number of nitrogens with one attached hydrogen (secondary N) is 1. The summed E-state index contributed by atoms with van der Waals surface area (Å²) < 4.78 is 7.74. The lowest BCUT2D eigenvalue weighted by atomic mass is 9.85. The number of morpholine rings is 1. The molecule has 21 heavy (non-hydrogen) atoms. The standard InChI is InChI=1S/C15H27N5O/c1-2-19-8-7-17-14(19)13(18-16)15(5-3-4-6-15)20-9-11-21-12-10-20/h7-8,13,18H,2-6,9-12,16H2,1H3. The number of aryl methyl sites for hydroxylation is 1. The van der Waals surface area contributed by atoms with Crippen molar-refractivity contribution in [2.45, 2.75) is 50.7 Å². The van der Waals surface area contributed by atoms with E-state index in [0.717, 1.165) is 38.7 Å². The van der Waals surface area contributed by atoms with Crippen molar-refractivity contribution in [2.75, 3.05) is 26.3 Å². The minimum Gasteiger partial charge on any atom is -0.379 e. The molecule has 0 bridgehead atoms. The Balaban J connectivity index is 1.94. The van der Waals surface area contributed by atoms with Crippen molar-refractivity contribution < 1.29 is 4.74 Å². The number of hydrogen-bond donors (Lipinski definition) is 2. The maximum atomic E-state index is 6.00. The van der Waals surface area contributed by atoms with Gasteiger partial charge in [-0.25, -0.2) is 10.4 Å². The molecular formula is C15H27N5O. The van der Waals surface area contributed by atoms with Crippen molar-refractivity contribution in [3.8, 4) is 0 Å². The predicted octanol–water partition coefficient (Wildman–Crippen LogP) is 1.05. The second kappa shape index (κ2) is 6.44. The van der Waals surface area contributed by atoms with Crippen LogP contribution in [0.2, 0.25) is 0 Å². The van der Waals surface area contributed by atoms with Gasteiger partial charge in [0.2, 0.25) is 0 Å². The van der Waals surface area contributed by atoms with Crippen molar-refractivity contribution in [1.82, 2.24) is 19.9 Å². The summed E-state index contributed by atoms with van der Waals surface area (Å²) in [5, 5.41) is 0. The minimum absolute atomic E-state index is 0.0769. The number of nitrogens with zero attached hydrogens (tertiary/aromatic N) is 3. The molecular weight excluding hydrogens is 266 g/mol. The monoisotopic (exact) mass is 293 g/mol. The zero-order chi connectivity index (χ0) is 14.7. The lowest BCUT2D eigenvalue weighted by molar-refractivity contribution is -0.0380. The van der Waals surface area contributed by atoms with Gasteiger partial charge in [-0.15, -0.1) is 0 Å². The zero-order valence-electron chi connectivity index (χ0n) is 12.9. The van der Waals surface area contributed by atoms with Crippen LogP contribution in [0.5, 0.6) is 0 Å². The Labute approximate surface area is 126 Å². The van der Waals surface area contributed by atoms with Crippen LogP contribution in [0.15, 0.2) is 12.4 Å². The molecule has 1 aliphatic heterocycles. The van der Waals surface area contributed by atoms with E-state index in [1.807, 2.05) is 12.4 Å². The molecule has 6 heteroatoms. The van der Waals surface area contributed by atoms with Crippen LogP contribution in [0.4, 0.5) is 0 Å². The van der Waals surface area contributed by atoms with E-state index < -0.39 is 0 Å². The largest absolute Gasteiger partial charge is 0.379 e. The van der Waals surface area contributed by atoms with Gasteiger partial charge < -0.3 is 9.30 Å². The molecule has 2 heterocycles. The molecule has 6 nitrogen and oxygen atoms in total. The first-order valence-corrected chi connectivity index (χ1v) is 8.12. The Bertz CT molecular complexity index is 449. The van der Waals surface area contributed by atoms with Gasteiger partial charge in [0.15, 0.2) is 0 Å². The summed E-state index contributed by atoms with van der Waals surface area (Å²) in [6, 6.07) is 0.0769. The lowest BCUT2D eigenvalue weighted by Gasteiger charge is -2.47. The molecule has 1 aliphatic carbocycles. The Morgan fingerprint density at radius 3 is 2.71 bits per heavy atom. The fourth-order valence-electron chi connectivity index (χ4n) is 4.10. The van der Waals surface area contributed by atoms with Crippen LogP contribution in [0.1, 0.15) is 44.5 Å². The third-order valence-electron chi connectivity index (χ3n) is 5.16. The van der Waals surface area contributed by atoms with Gasteiger partial charge in [0.1, 0.15) is 5.82 Å². The predicted molar refractivity (Wildman–Crippen MR) is 81.6 cm³/mol. The van der Waals surface area contributed by atoms with Crippen LogP contribution in [0, 0.1) is 0 Å². The van der Waals surface area contributed by atoms with Gasteiger partial charge in [0, 0.05) is 37.6 Å². The summed E-state index contributed by atoms with van der Waals surface area (Å²) in [6.45, 7) is 6.69. The molecule has 1 atom stereocenters. The number of rotatable bonds is 5. The van der Waals surface area contributed by atoms with Crippen LogP contribution in [0.25, 0.3) is 0 Å². The summed E-state index contributed by atoms with van der Waals surface area (Å²) in [4.78, 5) is 7.19. The molecule has 0 spiro atoms. The Kier molecular flexibility index (Phi) is 4.59. The summed E-state index contributed by atoms with van der Waals surface area (Å²) in [5.74, 6) is 7.06. The average molecular weight is 293 g/mol. The molecule has 0 amide bonds. The smallest absolute Gasteiger partial charge is 0.129 e. The van der Waals surface area contributed by atoms with Crippen LogP contribution in [0.3, 0.4) is 0 Å². The van der Waals surface area contributed by atoms with E-state index >= 15 is 0 Å². The Morgan fingerprint density at radius 1 is 1.38 bits per heavy atom. The summed E-state index contributed by atoms with van der Waals surface area (Å²) >= 11 is 0. The van der Waals surface area contributed by atoms with E-state index in [9.17, 15) is 0 Å². The average Bonchev–Trinajstić information content (AvgIpc) is 3.19. The first kappa shape index (κ1) is 15.0. The highest BCUT2D eigenvalue weighted by Crippen LogP contribution is 2.44. The highest BCUT2D eigenvalue weighted by atomic mass is 16.5. The number of hydrogen-bond acceptors (Lipinski definition) is 5. The molecule has 2 fully saturated rings. The quantitative estimate of drug-likeness (QED) is 0.627. The first-order valence-electron chi connectivity index (χ1n) is 8.12. The van der Waals surface area contributed by atoms with Crippen molar-refractivity contribution in [2.24, 2.45) is 5.84 Å². The third kappa shape index (κ3) is 2.61. The van der Waals surface area contributed by atoms with Gasteiger partial charge in [0.05, 0.1) is 19.3 Å². The van der Waals surface area contributed by atoms with Crippen molar-refractivity contribution in [3.05, 3.63) is 18.2 Å². The second-order valence-electron chi connectivity index (χ2n) is 6.08.